The Morgan fingerprint density at radius 3 is 2.23 bits per heavy atom. The number of benzene rings is 2. The average molecular weight is 424 g/mol. The van der Waals surface area contributed by atoms with Gasteiger partial charge in [-0.25, -0.2) is 4.79 Å². The highest BCUT2D eigenvalue weighted by molar-refractivity contribution is 5.83. The summed E-state index contributed by atoms with van der Waals surface area (Å²) in [5, 5.41) is 14.1. The Kier molecular flexibility index (Phi) is 7.65. The fourth-order valence-corrected chi connectivity index (χ4v) is 3.97. The Bertz CT molecular complexity index is 898. The third kappa shape index (κ3) is 5.84. The maximum absolute atomic E-state index is 12.2. The standard InChI is InChI=1S/C24H28N2O5/c1-2-3-8-16(13-23(28)29)26-22(27)14-25-24(30)31-15-21-19-11-6-4-9-17(19)18-10-5-7-12-20(18)21/h4-7,9-12,16,21H,2-3,8,13-15H2,1H3,(H,25,30)(H,26,27)(H,28,29)/t16-/m0/s1. The zero-order valence-corrected chi connectivity index (χ0v) is 17.6. The summed E-state index contributed by atoms with van der Waals surface area (Å²) in [7, 11) is 0. The van der Waals surface area contributed by atoms with Gasteiger partial charge in [0.2, 0.25) is 5.91 Å². The van der Waals surface area contributed by atoms with Gasteiger partial charge in [-0.1, -0.05) is 68.3 Å². The molecule has 0 aliphatic heterocycles. The molecular formula is C24H28N2O5. The van der Waals surface area contributed by atoms with Gasteiger partial charge in [0.25, 0.3) is 0 Å². The second kappa shape index (κ2) is 10.6. The minimum Gasteiger partial charge on any atom is -0.481 e. The molecule has 0 radical (unpaired) electrons. The van der Waals surface area contributed by atoms with E-state index in [1.165, 1.54) is 0 Å². The molecule has 0 unspecified atom stereocenters. The van der Waals surface area contributed by atoms with E-state index in [0.29, 0.717) is 6.42 Å². The molecular weight excluding hydrogens is 396 g/mol. The summed E-state index contributed by atoms with van der Waals surface area (Å²) in [5.74, 6) is -1.46. The van der Waals surface area contributed by atoms with Crippen LogP contribution in [-0.4, -0.2) is 42.3 Å². The van der Waals surface area contributed by atoms with Crippen LogP contribution in [-0.2, 0) is 14.3 Å². The van der Waals surface area contributed by atoms with Crippen LogP contribution in [0.3, 0.4) is 0 Å². The lowest BCUT2D eigenvalue weighted by Crippen LogP contribution is -2.43. The molecule has 0 aromatic heterocycles. The number of hydrogen-bond donors (Lipinski definition) is 3. The van der Waals surface area contributed by atoms with E-state index in [2.05, 4.69) is 22.8 Å². The molecule has 0 fully saturated rings. The summed E-state index contributed by atoms with van der Waals surface area (Å²) in [4.78, 5) is 35.2. The lowest BCUT2D eigenvalue weighted by atomic mass is 9.98. The molecule has 2 amide bonds. The average Bonchev–Trinajstić information content (AvgIpc) is 3.08. The molecule has 0 spiro atoms. The summed E-state index contributed by atoms with van der Waals surface area (Å²) < 4.78 is 5.40. The van der Waals surface area contributed by atoms with Gasteiger partial charge in [0.05, 0.1) is 6.42 Å². The first kappa shape index (κ1) is 22.3. The number of carbonyl (C=O) groups excluding carboxylic acids is 2. The lowest BCUT2D eigenvalue weighted by molar-refractivity contribution is -0.137. The number of aliphatic carboxylic acids is 1. The van der Waals surface area contributed by atoms with Crippen molar-refractivity contribution in [2.75, 3.05) is 13.2 Å². The van der Waals surface area contributed by atoms with E-state index in [1.54, 1.807) is 0 Å². The Morgan fingerprint density at radius 1 is 1.03 bits per heavy atom. The van der Waals surface area contributed by atoms with Crippen LogP contribution in [0.15, 0.2) is 48.5 Å². The lowest BCUT2D eigenvalue weighted by Gasteiger charge is -2.17. The minimum absolute atomic E-state index is 0.0547. The number of carboxylic acid groups (broad SMARTS) is 1. The molecule has 31 heavy (non-hydrogen) atoms. The SMILES string of the molecule is CCCC[C@@H](CC(=O)O)NC(=O)CNC(=O)OCC1c2ccccc2-c2ccccc21. The van der Waals surface area contributed by atoms with E-state index in [9.17, 15) is 14.4 Å². The summed E-state index contributed by atoms with van der Waals surface area (Å²) >= 11 is 0. The molecule has 7 heteroatoms. The van der Waals surface area contributed by atoms with E-state index in [-0.39, 0.29) is 25.5 Å². The van der Waals surface area contributed by atoms with Crippen LogP contribution in [0.2, 0.25) is 0 Å². The van der Waals surface area contributed by atoms with Gasteiger partial charge in [-0.2, -0.15) is 0 Å². The number of amides is 2. The molecule has 3 rings (SSSR count). The predicted octanol–water partition coefficient (Wildman–Crippen LogP) is 3.67. The summed E-state index contributed by atoms with van der Waals surface area (Å²) in [6, 6.07) is 15.7. The van der Waals surface area contributed by atoms with Crippen molar-refractivity contribution in [3.63, 3.8) is 0 Å². The van der Waals surface area contributed by atoms with Crippen molar-refractivity contribution in [2.45, 2.75) is 44.6 Å². The van der Waals surface area contributed by atoms with Crippen molar-refractivity contribution >= 4 is 18.0 Å². The maximum Gasteiger partial charge on any atom is 0.407 e. The van der Waals surface area contributed by atoms with Crippen LogP contribution in [0.25, 0.3) is 11.1 Å². The molecule has 2 aromatic rings. The third-order valence-corrected chi connectivity index (χ3v) is 5.43. The van der Waals surface area contributed by atoms with Crippen LogP contribution in [0.5, 0.6) is 0 Å². The van der Waals surface area contributed by atoms with Crippen LogP contribution < -0.4 is 10.6 Å². The van der Waals surface area contributed by atoms with Crippen LogP contribution in [0.4, 0.5) is 4.79 Å². The fraction of sp³-hybridized carbons (Fsp3) is 0.375. The number of rotatable bonds is 10. The molecule has 3 N–H and O–H groups in total. The first-order chi connectivity index (χ1) is 15.0. The van der Waals surface area contributed by atoms with Crippen molar-refractivity contribution in [3.8, 4) is 11.1 Å². The third-order valence-electron chi connectivity index (χ3n) is 5.43. The summed E-state index contributed by atoms with van der Waals surface area (Å²) in [6.45, 7) is 1.90. The number of unbranched alkanes of at least 4 members (excludes halogenated alkanes) is 1. The summed E-state index contributed by atoms with van der Waals surface area (Å²) in [6.07, 6.45) is 1.48. The van der Waals surface area contributed by atoms with Crippen molar-refractivity contribution in [2.24, 2.45) is 0 Å². The number of carbonyl (C=O) groups is 3. The summed E-state index contributed by atoms with van der Waals surface area (Å²) in [5.41, 5.74) is 4.51. The monoisotopic (exact) mass is 424 g/mol. The van der Waals surface area contributed by atoms with Crippen LogP contribution in [0.1, 0.15) is 49.7 Å². The number of nitrogens with one attached hydrogen (secondary N) is 2. The van der Waals surface area contributed by atoms with Gasteiger partial charge in [0, 0.05) is 12.0 Å². The number of ether oxygens (including phenoxy) is 1. The topological polar surface area (TPSA) is 105 Å². The normalized spacial score (nSPS) is 13.1. The van der Waals surface area contributed by atoms with Crippen LogP contribution >= 0.6 is 0 Å². The first-order valence-corrected chi connectivity index (χ1v) is 10.6. The largest absolute Gasteiger partial charge is 0.481 e. The molecule has 0 saturated carbocycles. The molecule has 1 atom stereocenters. The molecule has 0 heterocycles. The smallest absolute Gasteiger partial charge is 0.407 e. The minimum atomic E-state index is -0.967. The Hall–Kier alpha value is -3.35. The maximum atomic E-state index is 12.2. The first-order valence-electron chi connectivity index (χ1n) is 10.6. The van der Waals surface area contributed by atoms with Gasteiger partial charge in [-0.15, -0.1) is 0 Å². The van der Waals surface area contributed by atoms with Gasteiger partial charge in [-0.3, -0.25) is 9.59 Å². The highest BCUT2D eigenvalue weighted by Crippen LogP contribution is 2.44. The second-order valence-corrected chi connectivity index (χ2v) is 7.68. The number of alkyl carbamates (subject to hydrolysis) is 1. The molecule has 7 nitrogen and oxygen atoms in total. The molecule has 0 saturated heterocycles. The van der Waals surface area contributed by atoms with E-state index in [4.69, 9.17) is 9.84 Å². The van der Waals surface area contributed by atoms with Crippen molar-refractivity contribution in [3.05, 3.63) is 59.7 Å². The molecule has 1 aliphatic rings. The zero-order valence-electron chi connectivity index (χ0n) is 17.6. The molecule has 1 aliphatic carbocycles. The number of hydrogen-bond acceptors (Lipinski definition) is 4. The Labute approximate surface area is 181 Å². The van der Waals surface area contributed by atoms with Gasteiger partial charge in [0.15, 0.2) is 0 Å². The quantitative estimate of drug-likeness (QED) is 0.540. The number of fused-ring (bicyclic) bond motifs is 3. The Balaban J connectivity index is 1.50. The van der Waals surface area contributed by atoms with Crippen molar-refractivity contribution in [1.29, 1.82) is 0 Å². The molecule has 164 valence electrons. The fourth-order valence-electron chi connectivity index (χ4n) is 3.97. The number of carboxylic acids is 1. The predicted molar refractivity (Wildman–Crippen MR) is 117 cm³/mol. The van der Waals surface area contributed by atoms with Gasteiger partial charge in [-0.05, 0) is 28.7 Å². The van der Waals surface area contributed by atoms with E-state index in [0.717, 1.165) is 35.1 Å². The highest BCUT2D eigenvalue weighted by atomic mass is 16.5. The Morgan fingerprint density at radius 2 is 1.65 bits per heavy atom. The van der Waals surface area contributed by atoms with E-state index in [1.807, 2.05) is 43.3 Å². The van der Waals surface area contributed by atoms with Gasteiger partial charge >= 0.3 is 12.1 Å². The molecule has 2 aromatic carbocycles. The van der Waals surface area contributed by atoms with Crippen LogP contribution in [0, 0.1) is 0 Å². The second-order valence-electron chi connectivity index (χ2n) is 7.68. The van der Waals surface area contributed by atoms with E-state index >= 15 is 0 Å². The molecule has 0 bridgehead atoms. The van der Waals surface area contributed by atoms with Crippen molar-refractivity contribution < 1.29 is 24.2 Å². The van der Waals surface area contributed by atoms with Crippen molar-refractivity contribution in [1.82, 2.24) is 10.6 Å². The van der Waals surface area contributed by atoms with E-state index < -0.39 is 24.0 Å². The zero-order chi connectivity index (χ0) is 22.2. The highest BCUT2D eigenvalue weighted by Gasteiger charge is 2.29. The van der Waals surface area contributed by atoms with Gasteiger partial charge < -0.3 is 20.5 Å². The van der Waals surface area contributed by atoms with Gasteiger partial charge in [0.1, 0.15) is 13.2 Å².